The molecule has 1 heterocycles. The molecular weight excluding hydrogens is 343 g/mol. The first-order chi connectivity index (χ1) is 13.1. The van der Waals surface area contributed by atoms with E-state index in [1.54, 1.807) is 12.1 Å². The highest BCUT2D eigenvalue weighted by molar-refractivity contribution is 5.92. The number of nitrogens with one attached hydrogen (secondary N) is 1. The van der Waals surface area contributed by atoms with Crippen molar-refractivity contribution in [1.29, 1.82) is 0 Å². The summed E-state index contributed by atoms with van der Waals surface area (Å²) in [7, 11) is 0. The Morgan fingerprint density at radius 2 is 1.59 bits per heavy atom. The summed E-state index contributed by atoms with van der Waals surface area (Å²) in [6.07, 6.45) is 0. The number of hydrogen-bond acceptors (Lipinski definition) is 2. The van der Waals surface area contributed by atoms with E-state index in [1.807, 2.05) is 54.6 Å². The SMILES string of the molecule is O=[N+]([O-])C[C@@H](c1ccc(F)cc1)c1c(-c2ccccc2)[nH]c2ccccc12. The van der Waals surface area contributed by atoms with Crippen molar-refractivity contribution >= 4 is 10.9 Å². The van der Waals surface area contributed by atoms with E-state index < -0.39 is 5.92 Å². The lowest BCUT2D eigenvalue weighted by Crippen LogP contribution is -2.14. The second-order valence-electron chi connectivity index (χ2n) is 6.44. The van der Waals surface area contributed by atoms with Gasteiger partial charge in [-0.1, -0.05) is 60.7 Å². The predicted molar refractivity (Wildman–Crippen MR) is 104 cm³/mol. The van der Waals surface area contributed by atoms with E-state index in [1.165, 1.54) is 12.1 Å². The van der Waals surface area contributed by atoms with Gasteiger partial charge in [0.1, 0.15) is 5.82 Å². The number of benzene rings is 3. The number of rotatable bonds is 5. The molecule has 0 saturated heterocycles. The van der Waals surface area contributed by atoms with Crippen LogP contribution < -0.4 is 0 Å². The van der Waals surface area contributed by atoms with Crippen molar-refractivity contribution in [3.8, 4) is 11.3 Å². The number of fused-ring (bicyclic) bond motifs is 1. The molecule has 4 aromatic rings. The van der Waals surface area contributed by atoms with E-state index in [0.29, 0.717) is 0 Å². The monoisotopic (exact) mass is 360 g/mol. The van der Waals surface area contributed by atoms with Crippen LogP contribution in [-0.4, -0.2) is 16.5 Å². The Kier molecular flexibility index (Phi) is 4.42. The fourth-order valence-corrected chi connectivity index (χ4v) is 3.57. The Morgan fingerprint density at radius 3 is 2.30 bits per heavy atom. The van der Waals surface area contributed by atoms with E-state index in [-0.39, 0.29) is 17.3 Å². The van der Waals surface area contributed by atoms with E-state index >= 15 is 0 Å². The van der Waals surface area contributed by atoms with Gasteiger partial charge in [0.15, 0.2) is 0 Å². The average molecular weight is 360 g/mol. The normalized spacial score (nSPS) is 12.2. The first kappa shape index (κ1) is 17.0. The summed E-state index contributed by atoms with van der Waals surface area (Å²) < 4.78 is 13.4. The molecule has 4 rings (SSSR count). The molecule has 1 aromatic heterocycles. The van der Waals surface area contributed by atoms with Crippen molar-refractivity contribution in [2.75, 3.05) is 6.54 Å². The number of aromatic amines is 1. The third-order valence-corrected chi connectivity index (χ3v) is 4.76. The van der Waals surface area contributed by atoms with Crippen molar-refractivity contribution in [1.82, 2.24) is 4.98 Å². The first-order valence-electron chi connectivity index (χ1n) is 8.67. The number of nitro groups is 1. The minimum Gasteiger partial charge on any atom is -0.354 e. The lowest BCUT2D eigenvalue weighted by atomic mass is 9.87. The highest BCUT2D eigenvalue weighted by Crippen LogP contribution is 2.38. The highest BCUT2D eigenvalue weighted by atomic mass is 19.1. The average Bonchev–Trinajstić information content (AvgIpc) is 3.07. The molecule has 0 saturated carbocycles. The Labute approximate surface area is 155 Å². The van der Waals surface area contributed by atoms with Crippen LogP contribution in [-0.2, 0) is 0 Å². The Morgan fingerprint density at radius 1 is 0.926 bits per heavy atom. The molecule has 0 spiro atoms. The lowest BCUT2D eigenvalue weighted by molar-refractivity contribution is -0.481. The summed E-state index contributed by atoms with van der Waals surface area (Å²) in [5.74, 6) is -0.854. The maximum atomic E-state index is 13.4. The molecule has 0 aliphatic heterocycles. The maximum Gasteiger partial charge on any atom is 0.214 e. The van der Waals surface area contributed by atoms with Gasteiger partial charge in [0.2, 0.25) is 6.54 Å². The molecule has 5 heteroatoms. The summed E-state index contributed by atoms with van der Waals surface area (Å²) in [6.45, 7) is -0.271. The van der Waals surface area contributed by atoms with Crippen molar-refractivity contribution in [3.63, 3.8) is 0 Å². The lowest BCUT2D eigenvalue weighted by Gasteiger charge is -2.16. The summed E-state index contributed by atoms with van der Waals surface area (Å²) in [6, 6.07) is 23.5. The Hall–Kier alpha value is -3.47. The molecular formula is C22H17FN2O2. The molecule has 0 radical (unpaired) electrons. The maximum absolute atomic E-state index is 13.4. The molecule has 0 unspecified atom stereocenters. The summed E-state index contributed by atoms with van der Waals surface area (Å²) in [5, 5.41) is 12.4. The first-order valence-corrected chi connectivity index (χ1v) is 8.67. The van der Waals surface area contributed by atoms with Gasteiger partial charge in [-0.15, -0.1) is 0 Å². The van der Waals surface area contributed by atoms with Gasteiger partial charge in [-0.25, -0.2) is 4.39 Å². The third kappa shape index (κ3) is 3.31. The zero-order valence-corrected chi connectivity index (χ0v) is 14.4. The van der Waals surface area contributed by atoms with Crippen LogP contribution in [0.5, 0.6) is 0 Å². The van der Waals surface area contributed by atoms with Crippen molar-refractivity contribution in [2.24, 2.45) is 0 Å². The van der Waals surface area contributed by atoms with Gasteiger partial charge in [-0.2, -0.15) is 0 Å². The Balaban J connectivity index is 1.98. The molecule has 0 bridgehead atoms. The summed E-state index contributed by atoms with van der Waals surface area (Å²) in [4.78, 5) is 14.6. The van der Waals surface area contributed by atoms with Crippen molar-refractivity contribution in [2.45, 2.75) is 5.92 Å². The second kappa shape index (κ2) is 7.03. The van der Waals surface area contributed by atoms with Crippen LogP contribution in [0.2, 0.25) is 0 Å². The van der Waals surface area contributed by atoms with E-state index in [2.05, 4.69) is 4.98 Å². The second-order valence-corrected chi connectivity index (χ2v) is 6.44. The largest absolute Gasteiger partial charge is 0.354 e. The van der Waals surface area contributed by atoms with Crippen LogP contribution >= 0.6 is 0 Å². The standard InChI is InChI=1S/C22H17FN2O2/c23-17-12-10-15(11-13-17)19(14-25(26)27)21-18-8-4-5-9-20(18)24-22(21)16-6-2-1-3-7-16/h1-13,19,24H,14H2/t19-/m0/s1. The summed E-state index contributed by atoms with van der Waals surface area (Å²) >= 11 is 0. The van der Waals surface area contributed by atoms with Crippen LogP contribution in [0.4, 0.5) is 4.39 Å². The van der Waals surface area contributed by atoms with Crippen LogP contribution in [0.15, 0.2) is 78.9 Å². The van der Waals surface area contributed by atoms with Gasteiger partial charge >= 0.3 is 0 Å². The molecule has 1 atom stereocenters. The van der Waals surface area contributed by atoms with Crippen LogP contribution in [0.25, 0.3) is 22.2 Å². The van der Waals surface area contributed by atoms with Crippen LogP contribution in [0, 0.1) is 15.9 Å². The van der Waals surface area contributed by atoms with Gasteiger partial charge in [-0.05, 0) is 34.9 Å². The topological polar surface area (TPSA) is 58.9 Å². The fraction of sp³-hybridized carbons (Fsp3) is 0.0909. The van der Waals surface area contributed by atoms with E-state index in [9.17, 15) is 14.5 Å². The number of hydrogen-bond donors (Lipinski definition) is 1. The Bertz CT molecular complexity index is 1090. The molecule has 0 aliphatic rings. The van der Waals surface area contributed by atoms with Gasteiger partial charge in [-0.3, -0.25) is 10.1 Å². The minimum absolute atomic E-state index is 0.271. The molecule has 4 nitrogen and oxygen atoms in total. The smallest absolute Gasteiger partial charge is 0.214 e. The van der Waals surface area contributed by atoms with E-state index in [4.69, 9.17) is 0 Å². The molecule has 27 heavy (non-hydrogen) atoms. The van der Waals surface area contributed by atoms with E-state index in [0.717, 1.165) is 33.3 Å². The molecule has 0 aliphatic carbocycles. The molecule has 1 N–H and O–H groups in total. The number of para-hydroxylation sites is 1. The molecule has 3 aromatic carbocycles. The van der Waals surface area contributed by atoms with Crippen LogP contribution in [0.3, 0.4) is 0 Å². The molecule has 134 valence electrons. The number of H-pyrrole nitrogens is 1. The predicted octanol–water partition coefficient (Wildman–Crippen LogP) is 5.38. The molecule has 0 amide bonds. The van der Waals surface area contributed by atoms with Crippen LogP contribution in [0.1, 0.15) is 17.0 Å². The fourth-order valence-electron chi connectivity index (χ4n) is 3.57. The molecule has 0 fully saturated rings. The highest BCUT2D eigenvalue weighted by Gasteiger charge is 2.27. The number of aromatic nitrogens is 1. The quantitative estimate of drug-likeness (QED) is 0.383. The van der Waals surface area contributed by atoms with Crippen molar-refractivity contribution in [3.05, 3.63) is 106 Å². The van der Waals surface area contributed by atoms with Gasteiger partial charge in [0.05, 0.1) is 11.6 Å². The third-order valence-electron chi connectivity index (χ3n) is 4.76. The zero-order valence-electron chi connectivity index (χ0n) is 14.4. The number of halogens is 1. The van der Waals surface area contributed by atoms with Gasteiger partial charge in [0, 0.05) is 15.8 Å². The summed E-state index contributed by atoms with van der Waals surface area (Å²) in [5.41, 5.74) is 4.31. The van der Waals surface area contributed by atoms with Gasteiger partial charge < -0.3 is 4.98 Å². The minimum atomic E-state index is -0.494. The zero-order chi connectivity index (χ0) is 18.8. The number of nitrogens with zero attached hydrogens (tertiary/aromatic N) is 1. The van der Waals surface area contributed by atoms with Crippen molar-refractivity contribution < 1.29 is 9.31 Å². The van der Waals surface area contributed by atoms with Gasteiger partial charge in [0.25, 0.3) is 0 Å².